The summed E-state index contributed by atoms with van der Waals surface area (Å²) in [4.78, 5) is 12.5. The summed E-state index contributed by atoms with van der Waals surface area (Å²) in [5.74, 6) is -0.683. The van der Waals surface area contributed by atoms with Gasteiger partial charge in [-0.25, -0.2) is 4.39 Å². The van der Waals surface area contributed by atoms with E-state index in [0.717, 1.165) is 6.07 Å². The van der Waals surface area contributed by atoms with Crippen molar-refractivity contribution in [3.63, 3.8) is 0 Å². The van der Waals surface area contributed by atoms with E-state index in [2.05, 4.69) is 21.2 Å². The number of nitrogens with two attached hydrogens (primary N) is 1. The molecule has 1 aliphatic heterocycles. The molecule has 1 saturated heterocycles. The van der Waals surface area contributed by atoms with Crippen LogP contribution in [0.4, 0.5) is 10.1 Å². The first-order chi connectivity index (χ1) is 9.48. The highest BCUT2D eigenvalue weighted by Crippen LogP contribution is 2.35. The van der Waals surface area contributed by atoms with Crippen LogP contribution < -0.4 is 11.1 Å². The highest BCUT2D eigenvalue weighted by molar-refractivity contribution is 9.10. The van der Waals surface area contributed by atoms with E-state index in [0.29, 0.717) is 36.2 Å². The fourth-order valence-electron chi connectivity index (χ4n) is 2.19. The van der Waals surface area contributed by atoms with Crippen LogP contribution in [-0.4, -0.2) is 25.7 Å². The molecule has 1 fully saturated rings. The Kier molecular flexibility index (Phi) is 5.01. The number of ether oxygens (including phenoxy) is 1. The summed E-state index contributed by atoms with van der Waals surface area (Å²) in [6.07, 6.45) is 1.12. The summed E-state index contributed by atoms with van der Waals surface area (Å²) in [6, 6.07) is 2.40. The second-order valence-corrected chi connectivity index (χ2v) is 6.06. The van der Waals surface area contributed by atoms with Crippen LogP contribution >= 0.6 is 27.5 Å². The molecule has 1 heterocycles. The van der Waals surface area contributed by atoms with Crippen molar-refractivity contribution < 1.29 is 13.9 Å². The largest absolute Gasteiger partial charge is 0.381 e. The normalized spacial score (nSPS) is 17.8. The smallest absolute Gasteiger partial charge is 0.232 e. The molecule has 1 aromatic carbocycles. The van der Waals surface area contributed by atoms with Gasteiger partial charge in [0.05, 0.1) is 16.1 Å². The van der Waals surface area contributed by atoms with Gasteiger partial charge in [0.15, 0.2) is 0 Å². The zero-order valence-corrected chi connectivity index (χ0v) is 13.1. The molecule has 2 rings (SSSR count). The van der Waals surface area contributed by atoms with Crippen LogP contribution in [0.1, 0.15) is 12.8 Å². The van der Waals surface area contributed by atoms with Gasteiger partial charge in [-0.2, -0.15) is 0 Å². The second kappa shape index (κ2) is 6.39. The molecule has 0 saturated carbocycles. The summed E-state index contributed by atoms with van der Waals surface area (Å²) in [5, 5.41) is 2.89. The second-order valence-electron chi connectivity index (χ2n) is 4.80. The lowest BCUT2D eigenvalue weighted by Crippen LogP contribution is -2.46. The Morgan fingerprint density at radius 1 is 1.50 bits per heavy atom. The lowest BCUT2D eigenvalue weighted by molar-refractivity contribution is -0.130. The molecule has 0 unspecified atom stereocenters. The number of carbonyl (C=O) groups is 1. The van der Waals surface area contributed by atoms with Gasteiger partial charge < -0.3 is 15.8 Å². The Balaban J connectivity index is 2.23. The summed E-state index contributed by atoms with van der Waals surface area (Å²) in [7, 11) is 0. The molecular formula is C13H15BrClFN2O2. The lowest BCUT2D eigenvalue weighted by atomic mass is 9.79. The van der Waals surface area contributed by atoms with Crippen LogP contribution in [0.2, 0.25) is 5.02 Å². The molecule has 3 N–H and O–H groups in total. The maximum Gasteiger partial charge on any atom is 0.232 e. The zero-order chi connectivity index (χ0) is 14.8. The number of anilines is 1. The molecule has 0 aliphatic carbocycles. The summed E-state index contributed by atoms with van der Waals surface area (Å²) < 4.78 is 18.8. The molecule has 1 amide bonds. The minimum Gasteiger partial charge on any atom is -0.381 e. The van der Waals surface area contributed by atoms with Crippen LogP contribution in [0, 0.1) is 11.2 Å². The number of hydrogen-bond donors (Lipinski definition) is 2. The number of halogens is 3. The number of benzene rings is 1. The molecule has 0 aromatic heterocycles. The standard InChI is InChI=1S/C13H15BrClFN2O2/c14-9-5-8(16)6-10(15)11(9)18-12(19)13(7-17)1-3-20-4-2-13/h5-6H,1-4,7,17H2,(H,18,19). The van der Waals surface area contributed by atoms with Crippen LogP contribution in [0.3, 0.4) is 0 Å². The van der Waals surface area contributed by atoms with Crippen molar-refractivity contribution in [3.05, 3.63) is 27.4 Å². The summed E-state index contributed by atoms with van der Waals surface area (Å²) >= 11 is 9.16. The van der Waals surface area contributed by atoms with Crippen molar-refractivity contribution in [1.82, 2.24) is 0 Å². The molecule has 20 heavy (non-hydrogen) atoms. The number of amides is 1. The third-order valence-electron chi connectivity index (χ3n) is 3.57. The van der Waals surface area contributed by atoms with Gasteiger partial charge in [-0.05, 0) is 40.9 Å². The maximum atomic E-state index is 13.2. The SMILES string of the molecule is NCC1(C(=O)Nc2c(Cl)cc(F)cc2Br)CCOCC1. The van der Waals surface area contributed by atoms with E-state index >= 15 is 0 Å². The predicted octanol–water partition coefficient (Wildman–Crippen LogP) is 2.94. The van der Waals surface area contributed by atoms with Gasteiger partial charge >= 0.3 is 0 Å². The molecule has 0 bridgehead atoms. The van der Waals surface area contributed by atoms with E-state index in [1.54, 1.807) is 0 Å². The molecule has 0 radical (unpaired) electrons. The quantitative estimate of drug-likeness (QED) is 0.865. The maximum absolute atomic E-state index is 13.2. The first kappa shape index (κ1) is 15.7. The molecule has 7 heteroatoms. The van der Waals surface area contributed by atoms with E-state index < -0.39 is 11.2 Å². The highest BCUT2D eigenvalue weighted by atomic mass is 79.9. The van der Waals surface area contributed by atoms with Crippen molar-refractivity contribution in [2.75, 3.05) is 25.1 Å². The Morgan fingerprint density at radius 3 is 2.70 bits per heavy atom. The predicted molar refractivity (Wildman–Crippen MR) is 79.3 cm³/mol. The number of rotatable bonds is 3. The van der Waals surface area contributed by atoms with Gasteiger partial charge in [-0.3, -0.25) is 4.79 Å². The van der Waals surface area contributed by atoms with Gasteiger partial charge in [-0.1, -0.05) is 11.6 Å². The zero-order valence-electron chi connectivity index (χ0n) is 10.7. The van der Waals surface area contributed by atoms with Gasteiger partial charge in [0, 0.05) is 24.2 Å². The molecule has 0 atom stereocenters. The van der Waals surface area contributed by atoms with Crippen molar-refractivity contribution in [1.29, 1.82) is 0 Å². The van der Waals surface area contributed by atoms with Gasteiger partial charge in [0.2, 0.25) is 5.91 Å². The first-order valence-electron chi connectivity index (χ1n) is 6.22. The monoisotopic (exact) mass is 364 g/mol. The third kappa shape index (κ3) is 3.14. The Hall–Kier alpha value is -0.690. The number of nitrogens with one attached hydrogen (secondary N) is 1. The first-order valence-corrected chi connectivity index (χ1v) is 7.39. The van der Waals surface area contributed by atoms with Gasteiger partial charge in [0.1, 0.15) is 5.82 Å². The molecule has 0 spiro atoms. The van der Waals surface area contributed by atoms with Crippen molar-refractivity contribution in [2.45, 2.75) is 12.8 Å². The number of carbonyl (C=O) groups excluding carboxylic acids is 1. The summed E-state index contributed by atoms with van der Waals surface area (Å²) in [5.41, 5.74) is 5.47. The van der Waals surface area contributed by atoms with Crippen LogP contribution in [0.5, 0.6) is 0 Å². The van der Waals surface area contributed by atoms with E-state index in [9.17, 15) is 9.18 Å². The number of hydrogen-bond acceptors (Lipinski definition) is 3. The Morgan fingerprint density at radius 2 is 2.15 bits per heavy atom. The average Bonchev–Trinajstić information content (AvgIpc) is 2.43. The molecule has 1 aromatic rings. The highest BCUT2D eigenvalue weighted by Gasteiger charge is 2.39. The fraction of sp³-hybridized carbons (Fsp3) is 0.462. The van der Waals surface area contributed by atoms with Crippen LogP contribution in [0.25, 0.3) is 0 Å². The van der Waals surface area contributed by atoms with E-state index in [4.69, 9.17) is 22.1 Å². The fourth-order valence-corrected chi connectivity index (χ4v) is 3.09. The minimum absolute atomic E-state index is 0.143. The van der Waals surface area contributed by atoms with E-state index in [1.807, 2.05) is 0 Å². The topological polar surface area (TPSA) is 64.4 Å². The van der Waals surface area contributed by atoms with E-state index in [1.165, 1.54) is 6.07 Å². The van der Waals surface area contributed by atoms with Crippen molar-refractivity contribution >= 4 is 39.1 Å². The molecule has 1 aliphatic rings. The lowest BCUT2D eigenvalue weighted by Gasteiger charge is -2.34. The third-order valence-corrected chi connectivity index (χ3v) is 4.49. The van der Waals surface area contributed by atoms with Crippen LogP contribution in [-0.2, 0) is 9.53 Å². The van der Waals surface area contributed by atoms with E-state index in [-0.39, 0.29) is 17.5 Å². The summed E-state index contributed by atoms with van der Waals surface area (Å²) in [6.45, 7) is 1.24. The molecule has 110 valence electrons. The minimum atomic E-state index is -0.657. The van der Waals surface area contributed by atoms with Crippen LogP contribution in [0.15, 0.2) is 16.6 Å². The van der Waals surface area contributed by atoms with Gasteiger partial charge in [-0.15, -0.1) is 0 Å². The Labute approximate surface area is 129 Å². The average molecular weight is 366 g/mol. The van der Waals surface area contributed by atoms with Crippen molar-refractivity contribution in [2.24, 2.45) is 11.1 Å². The molecule has 4 nitrogen and oxygen atoms in total. The van der Waals surface area contributed by atoms with Crippen molar-refractivity contribution in [3.8, 4) is 0 Å². The van der Waals surface area contributed by atoms with Gasteiger partial charge in [0.25, 0.3) is 0 Å². The Bertz CT molecular complexity index is 498. The molecular weight excluding hydrogens is 351 g/mol.